The van der Waals surface area contributed by atoms with Crippen molar-refractivity contribution in [1.29, 1.82) is 0 Å². The fourth-order valence-corrected chi connectivity index (χ4v) is 1.75. The second kappa shape index (κ2) is 5.87. The fraction of sp³-hybridized carbons (Fsp3) is 0.462. The number of nitrogens with zero attached hydrogens (tertiary/aromatic N) is 3. The Balaban J connectivity index is 2.10. The van der Waals surface area contributed by atoms with E-state index in [0.29, 0.717) is 29.2 Å². The van der Waals surface area contributed by atoms with Gasteiger partial charge >= 0.3 is 0 Å². The minimum absolute atomic E-state index is 0.132. The normalized spacial score (nSPS) is 12.0. The summed E-state index contributed by atoms with van der Waals surface area (Å²) in [7, 11) is 0. The molecule has 6 nitrogen and oxygen atoms in total. The predicted molar refractivity (Wildman–Crippen MR) is 77.6 cm³/mol. The van der Waals surface area contributed by atoms with E-state index in [2.05, 4.69) is 15.4 Å². The van der Waals surface area contributed by atoms with Crippen LogP contribution >= 0.6 is 11.6 Å². The summed E-state index contributed by atoms with van der Waals surface area (Å²) in [5.41, 5.74) is 3.15. The first-order valence-corrected chi connectivity index (χ1v) is 6.64. The van der Waals surface area contributed by atoms with Crippen molar-refractivity contribution in [2.45, 2.75) is 32.9 Å². The van der Waals surface area contributed by atoms with E-state index in [1.54, 1.807) is 6.07 Å². The fourth-order valence-electron chi connectivity index (χ4n) is 1.60. The van der Waals surface area contributed by atoms with Gasteiger partial charge in [0.2, 0.25) is 0 Å². The van der Waals surface area contributed by atoms with Gasteiger partial charge in [0.25, 0.3) is 5.56 Å². The van der Waals surface area contributed by atoms with Crippen molar-refractivity contribution in [3.8, 4) is 0 Å². The molecule has 0 atom stereocenters. The van der Waals surface area contributed by atoms with Gasteiger partial charge in [0, 0.05) is 17.8 Å². The Morgan fingerprint density at radius 2 is 2.15 bits per heavy atom. The topological polar surface area (TPSA) is 69.0 Å². The molecule has 0 bridgehead atoms. The van der Waals surface area contributed by atoms with Gasteiger partial charge in [0.05, 0.1) is 30.4 Å². The van der Waals surface area contributed by atoms with Gasteiger partial charge in [-0.3, -0.25) is 14.2 Å². The van der Waals surface area contributed by atoms with Crippen LogP contribution in [0.2, 0.25) is 5.15 Å². The molecule has 0 saturated carbocycles. The average Bonchev–Trinajstić information content (AvgIpc) is 2.35. The maximum absolute atomic E-state index is 12.2. The molecule has 0 aliphatic carbocycles. The molecule has 0 saturated heterocycles. The average molecular weight is 297 g/mol. The molecule has 0 radical (unpaired) electrons. The van der Waals surface area contributed by atoms with E-state index in [-0.39, 0.29) is 11.1 Å². The largest absolute Gasteiger partial charge is 0.299 e. The number of aromatic nitrogens is 3. The Bertz CT molecular complexity index is 663. The molecule has 2 aromatic heterocycles. The molecule has 0 aliphatic heterocycles. The summed E-state index contributed by atoms with van der Waals surface area (Å²) in [6.45, 7) is 6.75. The van der Waals surface area contributed by atoms with Crippen molar-refractivity contribution >= 4 is 22.5 Å². The molecule has 2 rings (SSSR count). The Hall–Kier alpha value is -1.50. The van der Waals surface area contributed by atoms with Crippen LogP contribution < -0.4 is 11.0 Å². The molecule has 7 heteroatoms. The van der Waals surface area contributed by atoms with Gasteiger partial charge < -0.3 is 0 Å². The van der Waals surface area contributed by atoms with Crippen LogP contribution in [-0.2, 0) is 11.4 Å². The minimum atomic E-state index is -0.154. The molecule has 2 aromatic rings. The Morgan fingerprint density at radius 1 is 1.40 bits per heavy atom. The molecule has 0 fully saturated rings. The lowest BCUT2D eigenvalue weighted by atomic mass is 10.1. The summed E-state index contributed by atoms with van der Waals surface area (Å²) >= 11 is 5.77. The summed E-state index contributed by atoms with van der Waals surface area (Å²) in [5.74, 6) is 0. The van der Waals surface area contributed by atoms with Crippen LogP contribution in [0.15, 0.2) is 23.4 Å². The lowest BCUT2D eigenvalue weighted by Crippen LogP contribution is -2.37. The molecule has 108 valence electrons. The molecular weight excluding hydrogens is 280 g/mol. The van der Waals surface area contributed by atoms with E-state index in [9.17, 15) is 4.79 Å². The summed E-state index contributed by atoms with van der Waals surface area (Å²) in [4.78, 5) is 25.6. The number of nitrogens with one attached hydrogen (secondary N) is 1. The number of hydrogen-bond acceptors (Lipinski definition) is 5. The smallest absolute Gasteiger partial charge is 0.262 e. The van der Waals surface area contributed by atoms with E-state index in [1.165, 1.54) is 17.1 Å². The van der Waals surface area contributed by atoms with Crippen LogP contribution in [0, 0.1) is 0 Å². The molecule has 0 amide bonds. The van der Waals surface area contributed by atoms with Crippen molar-refractivity contribution < 1.29 is 4.84 Å². The predicted octanol–water partition coefficient (Wildman–Crippen LogP) is 1.76. The summed E-state index contributed by atoms with van der Waals surface area (Å²) in [6, 6.07) is 1.57. The second-order valence-electron chi connectivity index (χ2n) is 5.47. The van der Waals surface area contributed by atoms with E-state index in [0.717, 1.165) is 0 Å². The summed E-state index contributed by atoms with van der Waals surface area (Å²) in [5, 5.41) is 0.764. The van der Waals surface area contributed by atoms with Crippen molar-refractivity contribution in [3.63, 3.8) is 0 Å². The number of hydrogen-bond donors (Lipinski definition) is 1. The lowest BCUT2D eigenvalue weighted by molar-refractivity contribution is -0.00992. The molecule has 0 spiro atoms. The van der Waals surface area contributed by atoms with Gasteiger partial charge in [-0.05, 0) is 20.8 Å². The van der Waals surface area contributed by atoms with Gasteiger partial charge in [-0.25, -0.2) is 9.97 Å². The molecule has 0 aromatic carbocycles. The van der Waals surface area contributed by atoms with Crippen molar-refractivity contribution in [2.75, 3.05) is 6.61 Å². The van der Waals surface area contributed by atoms with Crippen LogP contribution in [-0.4, -0.2) is 26.7 Å². The van der Waals surface area contributed by atoms with E-state index >= 15 is 0 Å². The number of fused-ring (bicyclic) bond motifs is 1. The highest BCUT2D eigenvalue weighted by molar-refractivity contribution is 6.29. The highest BCUT2D eigenvalue weighted by atomic mass is 35.5. The third kappa shape index (κ3) is 3.75. The third-order valence-electron chi connectivity index (χ3n) is 2.49. The Labute approximate surface area is 121 Å². The second-order valence-corrected chi connectivity index (χ2v) is 5.86. The van der Waals surface area contributed by atoms with Crippen LogP contribution in [0.5, 0.6) is 0 Å². The molecule has 1 N–H and O–H groups in total. The first-order valence-electron chi connectivity index (χ1n) is 6.26. The quantitative estimate of drug-likeness (QED) is 0.529. The maximum atomic E-state index is 12.2. The number of pyridine rings is 1. The first kappa shape index (κ1) is 14.9. The highest BCUT2D eigenvalue weighted by Crippen LogP contribution is 2.10. The first-order chi connectivity index (χ1) is 9.37. The number of halogens is 1. The molecule has 20 heavy (non-hydrogen) atoms. The molecule has 0 aliphatic rings. The molecule has 2 heterocycles. The van der Waals surface area contributed by atoms with E-state index in [4.69, 9.17) is 16.4 Å². The van der Waals surface area contributed by atoms with Crippen molar-refractivity contribution in [1.82, 2.24) is 20.0 Å². The Kier molecular flexibility index (Phi) is 4.37. The van der Waals surface area contributed by atoms with Gasteiger partial charge in [0.1, 0.15) is 5.15 Å². The zero-order valence-electron chi connectivity index (χ0n) is 11.7. The highest BCUT2D eigenvalue weighted by Gasteiger charge is 2.09. The molecule has 0 unspecified atom stereocenters. The van der Waals surface area contributed by atoms with Crippen molar-refractivity contribution in [3.05, 3.63) is 34.1 Å². The standard InChI is InChI=1S/C13H17ClN4O2/c1-13(2,3)17-20-5-4-18-8-16-10-6-11(14)15-7-9(10)12(18)19/h6-8,17H,4-5H2,1-3H3. The monoisotopic (exact) mass is 296 g/mol. The van der Waals surface area contributed by atoms with Crippen molar-refractivity contribution in [2.24, 2.45) is 0 Å². The van der Waals surface area contributed by atoms with E-state index in [1.807, 2.05) is 20.8 Å². The lowest BCUT2D eigenvalue weighted by Gasteiger charge is -2.19. The van der Waals surface area contributed by atoms with Crippen LogP contribution in [0.1, 0.15) is 20.8 Å². The number of hydroxylamine groups is 1. The van der Waals surface area contributed by atoms with Gasteiger partial charge in [-0.1, -0.05) is 11.6 Å². The number of rotatable bonds is 4. The zero-order valence-corrected chi connectivity index (χ0v) is 12.4. The Morgan fingerprint density at radius 3 is 2.85 bits per heavy atom. The van der Waals surface area contributed by atoms with Gasteiger partial charge in [0.15, 0.2) is 0 Å². The maximum Gasteiger partial charge on any atom is 0.262 e. The van der Waals surface area contributed by atoms with E-state index < -0.39 is 0 Å². The van der Waals surface area contributed by atoms with Crippen LogP contribution in [0.4, 0.5) is 0 Å². The minimum Gasteiger partial charge on any atom is -0.299 e. The zero-order chi connectivity index (χ0) is 14.8. The summed E-state index contributed by atoms with van der Waals surface area (Å²) in [6.07, 6.45) is 2.93. The SMILES string of the molecule is CC(C)(C)NOCCn1cnc2cc(Cl)ncc2c1=O. The van der Waals surface area contributed by atoms with Crippen LogP contribution in [0.3, 0.4) is 0 Å². The summed E-state index contributed by atoms with van der Waals surface area (Å²) < 4.78 is 1.49. The van der Waals surface area contributed by atoms with Gasteiger partial charge in [-0.15, -0.1) is 0 Å². The van der Waals surface area contributed by atoms with Crippen LogP contribution in [0.25, 0.3) is 10.9 Å². The molecular formula is C13H17ClN4O2. The third-order valence-corrected chi connectivity index (χ3v) is 2.70. The van der Waals surface area contributed by atoms with Gasteiger partial charge in [-0.2, -0.15) is 5.48 Å².